The molecule has 2 nitrogen and oxygen atoms in total. The highest BCUT2D eigenvalue weighted by Gasteiger charge is 2.36. The summed E-state index contributed by atoms with van der Waals surface area (Å²) in [5, 5.41) is 4.76. The number of hydrogen-bond donors (Lipinski definition) is 1. The second-order valence-corrected chi connectivity index (χ2v) is 13.0. The van der Waals surface area contributed by atoms with Crippen LogP contribution in [-0.2, 0) is 0 Å². The topological polar surface area (TPSA) is 29.1 Å². The lowest BCUT2D eigenvalue weighted by molar-refractivity contribution is 0.0957. The molecule has 0 heterocycles. The van der Waals surface area contributed by atoms with Crippen molar-refractivity contribution in [3.05, 3.63) is 28.8 Å². The van der Waals surface area contributed by atoms with Gasteiger partial charge in [-0.25, -0.2) is 0 Å². The molecule has 1 amide bonds. The molecule has 0 bridgehead atoms. The van der Waals surface area contributed by atoms with Crippen molar-refractivity contribution in [3.8, 4) is 0 Å². The fourth-order valence-corrected chi connectivity index (χ4v) is 7.58. The van der Waals surface area contributed by atoms with E-state index in [0.717, 1.165) is 5.56 Å². The maximum Gasteiger partial charge on any atom is 0.252 e. The van der Waals surface area contributed by atoms with Crippen LogP contribution in [0.1, 0.15) is 76.6 Å². The number of carbonyl (C=O) groups is 1. The third-order valence-corrected chi connectivity index (χ3v) is 11.4. The number of benzene rings is 1. The van der Waals surface area contributed by atoms with Gasteiger partial charge in [-0.05, 0) is 23.7 Å². The fraction of sp³-hybridized carbons (Fsp3) is 0.667. The first-order valence-electron chi connectivity index (χ1n) is 9.95. The van der Waals surface area contributed by atoms with Crippen molar-refractivity contribution < 1.29 is 4.79 Å². The summed E-state index contributed by atoms with van der Waals surface area (Å²) in [6.07, 6.45) is 7.86. The average molecular weight is 382 g/mol. The van der Waals surface area contributed by atoms with E-state index >= 15 is 0 Å². The molecular formula is C21H36ClNOSi. The predicted octanol–water partition coefficient (Wildman–Crippen LogP) is 6.15. The third-order valence-electron chi connectivity index (χ3n) is 5.52. The van der Waals surface area contributed by atoms with Gasteiger partial charge in [0.15, 0.2) is 0 Å². The fourth-order valence-electron chi connectivity index (χ4n) is 3.49. The van der Waals surface area contributed by atoms with E-state index in [1.165, 1.54) is 49.8 Å². The van der Waals surface area contributed by atoms with Crippen LogP contribution < -0.4 is 10.5 Å². The van der Waals surface area contributed by atoms with Crippen LogP contribution in [0.15, 0.2) is 18.2 Å². The van der Waals surface area contributed by atoms with Crippen LogP contribution in [0.5, 0.6) is 0 Å². The molecule has 1 N–H and O–H groups in total. The Kier molecular flexibility index (Phi) is 9.81. The first-order chi connectivity index (χ1) is 11.9. The van der Waals surface area contributed by atoms with Crippen LogP contribution in [0.3, 0.4) is 0 Å². The molecule has 142 valence electrons. The summed E-state index contributed by atoms with van der Waals surface area (Å²) >= 11 is 6.45. The Balaban J connectivity index is 3.01. The molecule has 0 aliphatic heterocycles. The lowest BCUT2D eigenvalue weighted by Crippen LogP contribution is -2.51. The van der Waals surface area contributed by atoms with E-state index < -0.39 is 8.07 Å². The summed E-state index contributed by atoms with van der Waals surface area (Å²) in [7, 11) is -1.78. The van der Waals surface area contributed by atoms with Gasteiger partial charge in [-0.3, -0.25) is 4.79 Å². The molecule has 1 aromatic carbocycles. The molecule has 0 aliphatic rings. The molecule has 1 atom stereocenters. The summed E-state index contributed by atoms with van der Waals surface area (Å²) in [4.78, 5) is 12.6. The summed E-state index contributed by atoms with van der Waals surface area (Å²) in [5.41, 5.74) is 1.30. The standard InChI is InChI=1S/C21H36ClNOSi/c1-6-8-9-10-11-12-16-25(5,17(3)4)19-15-13-14-18(22)20(19)21(24)23-7-2/h13-15,17H,6-12,16H2,1-5H3,(H,23,24). The van der Waals surface area contributed by atoms with Gasteiger partial charge >= 0.3 is 0 Å². The molecule has 0 saturated carbocycles. The van der Waals surface area contributed by atoms with Gasteiger partial charge in [0.1, 0.15) is 0 Å². The van der Waals surface area contributed by atoms with Gasteiger partial charge in [0, 0.05) is 6.54 Å². The first kappa shape index (κ1) is 22.2. The Bertz CT molecular complexity index is 547. The van der Waals surface area contributed by atoms with Crippen molar-refractivity contribution in [2.45, 2.75) is 84.4 Å². The van der Waals surface area contributed by atoms with E-state index in [-0.39, 0.29) is 5.91 Å². The van der Waals surface area contributed by atoms with Crippen LogP contribution >= 0.6 is 11.6 Å². The van der Waals surface area contributed by atoms with Crippen molar-refractivity contribution >= 4 is 30.8 Å². The molecule has 0 spiro atoms. The van der Waals surface area contributed by atoms with Crippen molar-refractivity contribution in [2.24, 2.45) is 0 Å². The van der Waals surface area contributed by atoms with Crippen molar-refractivity contribution in [2.75, 3.05) is 6.54 Å². The molecule has 25 heavy (non-hydrogen) atoms. The van der Waals surface area contributed by atoms with Gasteiger partial charge in [0.05, 0.1) is 18.7 Å². The van der Waals surface area contributed by atoms with Crippen LogP contribution in [0, 0.1) is 0 Å². The normalized spacial score (nSPS) is 13.7. The molecular weight excluding hydrogens is 346 g/mol. The summed E-state index contributed by atoms with van der Waals surface area (Å²) < 4.78 is 0. The van der Waals surface area contributed by atoms with Crippen molar-refractivity contribution in [1.82, 2.24) is 5.32 Å². The maximum atomic E-state index is 12.6. The number of rotatable bonds is 11. The number of amides is 1. The number of halogens is 1. The third kappa shape index (κ3) is 6.14. The predicted molar refractivity (Wildman–Crippen MR) is 114 cm³/mol. The lowest BCUT2D eigenvalue weighted by Gasteiger charge is -2.34. The van der Waals surface area contributed by atoms with Crippen LogP contribution in [-0.4, -0.2) is 20.5 Å². The minimum absolute atomic E-state index is 0.0228. The average Bonchev–Trinajstić information content (AvgIpc) is 2.57. The van der Waals surface area contributed by atoms with E-state index in [1.807, 2.05) is 19.1 Å². The highest BCUT2D eigenvalue weighted by Crippen LogP contribution is 2.30. The minimum atomic E-state index is -1.78. The van der Waals surface area contributed by atoms with Gasteiger partial charge in [-0.2, -0.15) is 0 Å². The highest BCUT2D eigenvalue weighted by molar-refractivity contribution is 6.92. The van der Waals surface area contributed by atoms with Gasteiger partial charge in [-0.1, -0.05) is 95.6 Å². The van der Waals surface area contributed by atoms with E-state index in [9.17, 15) is 4.79 Å². The Morgan fingerprint density at radius 2 is 1.76 bits per heavy atom. The summed E-state index contributed by atoms with van der Waals surface area (Å²) in [6.45, 7) is 11.9. The summed E-state index contributed by atoms with van der Waals surface area (Å²) in [6, 6.07) is 7.23. The molecule has 0 radical (unpaired) electrons. The number of nitrogens with one attached hydrogen (secondary N) is 1. The quantitative estimate of drug-likeness (QED) is 0.361. The Morgan fingerprint density at radius 1 is 1.12 bits per heavy atom. The molecule has 0 aliphatic carbocycles. The second kappa shape index (κ2) is 11.0. The number of unbranched alkanes of at least 4 members (excludes halogenated alkanes) is 5. The smallest absolute Gasteiger partial charge is 0.252 e. The zero-order valence-electron chi connectivity index (χ0n) is 16.8. The molecule has 0 aromatic heterocycles. The van der Waals surface area contributed by atoms with Gasteiger partial charge in [0.2, 0.25) is 0 Å². The van der Waals surface area contributed by atoms with E-state index in [2.05, 4.69) is 38.7 Å². The van der Waals surface area contributed by atoms with Crippen molar-refractivity contribution in [3.63, 3.8) is 0 Å². The van der Waals surface area contributed by atoms with E-state index in [1.54, 1.807) is 0 Å². The lowest BCUT2D eigenvalue weighted by atomic mass is 10.1. The molecule has 1 aromatic rings. The molecule has 0 fully saturated rings. The van der Waals surface area contributed by atoms with E-state index in [0.29, 0.717) is 17.1 Å². The van der Waals surface area contributed by atoms with Crippen LogP contribution in [0.4, 0.5) is 0 Å². The number of carbonyl (C=O) groups excluding carboxylic acids is 1. The Hall–Kier alpha value is -0.803. The van der Waals surface area contributed by atoms with Crippen molar-refractivity contribution in [1.29, 1.82) is 0 Å². The van der Waals surface area contributed by atoms with Gasteiger partial charge in [0.25, 0.3) is 5.91 Å². The SMILES string of the molecule is CCCCCCCC[Si](C)(c1cccc(Cl)c1C(=O)NCC)C(C)C. The van der Waals surface area contributed by atoms with E-state index in [4.69, 9.17) is 11.6 Å². The zero-order valence-corrected chi connectivity index (χ0v) is 18.5. The largest absolute Gasteiger partial charge is 0.352 e. The zero-order chi connectivity index (χ0) is 18.9. The molecule has 1 rings (SSSR count). The monoisotopic (exact) mass is 381 g/mol. The summed E-state index contributed by atoms with van der Waals surface area (Å²) in [5.74, 6) is -0.0228. The molecule has 0 saturated heterocycles. The van der Waals surface area contributed by atoms with Gasteiger partial charge in [-0.15, -0.1) is 0 Å². The maximum absolute atomic E-state index is 12.6. The highest BCUT2D eigenvalue weighted by atomic mass is 35.5. The second-order valence-electron chi connectivity index (χ2n) is 7.61. The van der Waals surface area contributed by atoms with Gasteiger partial charge < -0.3 is 5.32 Å². The molecule has 1 unspecified atom stereocenters. The number of hydrogen-bond acceptors (Lipinski definition) is 1. The Morgan fingerprint density at radius 3 is 2.36 bits per heavy atom. The minimum Gasteiger partial charge on any atom is -0.352 e. The Labute approximate surface area is 160 Å². The molecule has 4 heteroatoms. The van der Waals surface area contributed by atoms with Crippen LogP contribution in [0.25, 0.3) is 0 Å². The first-order valence-corrected chi connectivity index (χ1v) is 13.1. The van der Waals surface area contributed by atoms with Crippen LogP contribution in [0.2, 0.25) is 23.2 Å².